The number of aromatic amines is 1. The number of morpholine rings is 1. The Morgan fingerprint density at radius 1 is 1.27 bits per heavy atom. The first-order chi connectivity index (χ1) is 14.4. The zero-order valence-electron chi connectivity index (χ0n) is 16.9. The number of carbonyl (C=O) groups excluding carboxylic acids is 1. The van der Waals surface area contributed by atoms with Gasteiger partial charge in [-0.15, -0.1) is 0 Å². The first-order valence-corrected chi connectivity index (χ1v) is 9.88. The van der Waals surface area contributed by atoms with Gasteiger partial charge in [0.2, 0.25) is 5.56 Å². The van der Waals surface area contributed by atoms with Crippen molar-refractivity contribution in [3.8, 4) is 0 Å². The number of aliphatic hydroxyl groups is 1. The number of aryl methyl sites for hydroxylation is 1. The number of hydrogen-bond acceptors (Lipinski definition) is 6. The summed E-state index contributed by atoms with van der Waals surface area (Å²) in [5, 5.41) is 13.7. The van der Waals surface area contributed by atoms with E-state index in [0.717, 1.165) is 10.9 Å². The Morgan fingerprint density at radius 3 is 2.77 bits per heavy atom. The van der Waals surface area contributed by atoms with Gasteiger partial charge in [-0.2, -0.15) is 0 Å². The van der Waals surface area contributed by atoms with Crippen LogP contribution in [0.15, 0.2) is 41.3 Å². The second-order valence-corrected chi connectivity index (χ2v) is 7.43. The molecule has 3 heterocycles. The van der Waals surface area contributed by atoms with Gasteiger partial charge in [-0.25, -0.2) is 0 Å². The van der Waals surface area contributed by atoms with Crippen molar-refractivity contribution in [2.45, 2.75) is 20.0 Å². The molecule has 30 heavy (non-hydrogen) atoms. The molecule has 8 heteroatoms. The fourth-order valence-corrected chi connectivity index (χ4v) is 3.63. The molecule has 2 aromatic heterocycles. The number of hydrogen-bond donors (Lipinski definition) is 3. The van der Waals surface area contributed by atoms with Crippen LogP contribution < -0.4 is 15.8 Å². The SMILES string of the molecule is Cc1cc(=O)[nH]c2ccc(NC(=O)c3cc(C(C)O)ncc3N3CCOCC3)cc12. The van der Waals surface area contributed by atoms with E-state index < -0.39 is 6.10 Å². The van der Waals surface area contributed by atoms with Crippen LogP contribution in [-0.4, -0.2) is 47.3 Å². The van der Waals surface area contributed by atoms with Gasteiger partial charge in [0.05, 0.1) is 42.5 Å². The summed E-state index contributed by atoms with van der Waals surface area (Å²) >= 11 is 0. The van der Waals surface area contributed by atoms with Crippen molar-refractivity contribution < 1.29 is 14.6 Å². The second-order valence-electron chi connectivity index (χ2n) is 7.43. The largest absolute Gasteiger partial charge is 0.387 e. The molecule has 1 aliphatic heterocycles. The average molecular weight is 408 g/mol. The van der Waals surface area contributed by atoms with E-state index in [4.69, 9.17) is 4.74 Å². The minimum absolute atomic E-state index is 0.158. The lowest BCUT2D eigenvalue weighted by Crippen LogP contribution is -2.37. The molecule has 8 nitrogen and oxygen atoms in total. The molecule has 156 valence electrons. The first-order valence-electron chi connectivity index (χ1n) is 9.88. The molecule has 0 radical (unpaired) electrons. The Bertz CT molecular complexity index is 1150. The van der Waals surface area contributed by atoms with Crippen LogP contribution in [0.4, 0.5) is 11.4 Å². The summed E-state index contributed by atoms with van der Waals surface area (Å²) in [6, 6.07) is 8.53. The van der Waals surface area contributed by atoms with Crippen LogP contribution in [0.2, 0.25) is 0 Å². The van der Waals surface area contributed by atoms with E-state index in [1.165, 1.54) is 6.07 Å². The van der Waals surface area contributed by atoms with Gasteiger partial charge in [0.15, 0.2) is 0 Å². The quantitative estimate of drug-likeness (QED) is 0.612. The minimum atomic E-state index is -0.782. The highest BCUT2D eigenvalue weighted by molar-refractivity contribution is 6.08. The first kappa shape index (κ1) is 20.1. The van der Waals surface area contributed by atoms with Crippen LogP contribution in [0.25, 0.3) is 10.9 Å². The summed E-state index contributed by atoms with van der Waals surface area (Å²) in [4.78, 5) is 34.0. The Balaban J connectivity index is 1.69. The van der Waals surface area contributed by atoms with Gasteiger partial charge < -0.3 is 25.0 Å². The number of carbonyl (C=O) groups is 1. The van der Waals surface area contributed by atoms with E-state index in [9.17, 15) is 14.7 Å². The number of aromatic nitrogens is 2. The molecule has 1 unspecified atom stereocenters. The highest BCUT2D eigenvalue weighted by Gasteiger charge is 2.21. The summed E-state index contributed by atoms with van der Waals surface area (Å²) in [6.45, 7) is 5.97. The molecule has 1 amide bonds. The number of H-pyrrole nitrogens is 1. The van der Waals surface area contributed by atoms with Gasteiger partial charge >= 0.3 is 0 Å². The summed E-state index contributed by atoms with van der Waals surface area (Å²) < 4.78 is 5.41. The molecule has 0 aliphatic carbocycles. The third-order valence-corrected chi connectivity index (χ3v) is 5.24. The van der Waals surface area contributed by atoms with Crippen molar-refractivity contribution in [1.82, 2.24) is 9.97 Å². The van der Waals surface area contributed by atoms with Crippen molar-refractivity contribution in [1.29, 1.82) is 0 Å². The molecule has 0 bridgehead atoms. The Morgan fingerprint density at radius 2 is 2.03 bits per heavy atom. The number of fused-ring (bicyclic) bond motifs is 1. The lowest BCUT2D eigenvalue weighted by atomic mass is 10.1. The maximum absolute atomic E-state index is 13.2. The number of ether oxygens (including phenoxy) is 1. The lowest BCUT2D eigenvalue weighted by Gasteiger charge is -2.30. The number of rotatable bonds is 4. The third-order valence-electron chi connectivity index (χ3n) is 5.24. The molecule has 1 fully saturated rings. The average Bonchev–Trinajstić information content (AvgIpc) is 2.74. The fraction of sp³-hybridized carbons (Fsp3) is 0.318. The molecule has 3 N–H and O–H groups in total. The summed E-state index contributed by atoms with van der Waals surface area (Å²) in [5.41, 5.74) is 3.60. The second kappa shape index (κ2) is 8.25. The molecular weight excluding hydrogens is 384 g/mol. The number of nitrogens with one attached hydrogen (secondary N) is 2. The van der Waals surface area contributed by atoms with Crippen molar-refractivity contribution in [3.63, 3.8) is 0 Å². The molecule has 3 aromatic rings. The predicted octanol–water partition coefficient (Wildman–Crippen LogP) is 2.37. The molecule has 1 aromatic carbocycles. The minimum Gasteiger partial charge on any atom is -0.387 e. The van der Waals surface area contributed by atoms with Crippen LogP contribution in [-0.2, 0) is 4.74 Å². The standard InChI is InChI=1S/C22H24N4O4/c1-13-9-21(28)25-18-4-3-15(10-16(13)18)24-22(29)17-11-19(14(2)27)23-12-20(17)26-5-7-30-8-6-26/h3-4,9-12,14,27H,5-8H2,1-2H3,(H,24,29)(H,25,28). The van der Waals surface area contributed by atoms with Crippen LogP contribution in [0.1, 0.15) is 34.6 Å². The Kier molecular flexibility index (Phi) is 5.52. The maximum Gasteiger partial charge on any atom is 0.257 e. The van der Waals surface area contributed by atoms with E-state index in [2.05, 4.69) is 20.2 Å². The van der Waals surface area contributed by atoms with Gasteiger partial charge in [0, 0.05) is 35.7 Å². The van der Waals surface area contributed by atoms with Crippen LogP contribution in [0, 0.1) is 6.92 Å². The van der Waals surface area contributed by atoms with Crippen molar-refractivity contribution >= 4 is 28.2 Å². The number of benzene rings is 1. The van der Waals surface area contributed by atoms with Crippen LogP contribution in [0.3, 0.4) is 0 Å². The van der Waals surface area contributed by atoms with Crippen LogP contribution >= 0.6 is 0 Å². The topological polar surface area (TPSA) is 108 Å². The van der Waals surface area contributed by atoms with Gasteiger partial charge in [-0.05, 0) is 43.7 Å². The van der Waals surface area contributed by atoms with E-state index in [0.29, 0.717) is 54.5 Å². The predicted molar refractivity (Wildman–Crippen MR) is 115 cm³/mol. The molecule has 1 saturated heterocycles. The highest BCUT2D eigenvalue weighted by Crippen LogP contribution is 2.26. The maximum atomic E-state index is 13.2. The molecule has 0 saturated carbocycles. The fourth-order valence-electron chi connectivity index (χ4n) is 3.63. The molecule has 1 aliphatic rings. The number of anilines is 2. The van der Waals surface area contributed by atoms with Crippen molar-refractivity contribution in [2.24, 2.45) is 0 Å². The number of pyridine rings is 2. The van der Waals surface area contributed by atoms with E-state index in [1.807, 2.05) is 13.0 Å². The summed E-state index contributed by atoms with van der Waals surface area (Å²) in [6.07, 6.45) is 0.854. The number of nitrogens with zero attached hydrogens (tertiary/aromatic N) is 2. The Hall–Kier alpha value is -3.23. The van der Waals surface area contributed by atoms with Crippen molar-refractivity contribution in [3.05, 3.63) is 63.7 Å². The third kappa shape index (κ3) is 4.05. The molecule has 1 atom stereocenters. The lowest BCUT2D eigenvalue weighted by molar-refractivity contribution is 0.102. The summed E-state index contributed by atoms with van der Waals surface area (Å²) in [5.74, 6) is -0.290. The Labute approximate surface area is 173 Å². The number of amides is 1. The van der Waals surface area contributed by atoms with Gasteiger partial charge in [0.1, 0.15) is 0 Å². The molecule has 0 spiro atoms. The van der Waals surface area contributed by atoms with E-state index in [1.54, 1.807) is 31.3 Å². The van der Waals surface area contributed by atoms with Crippen LogP contribution in [0.5, 0.6) is 0 Å². The van der Waals surface area contributed by atoms with Gasteiger partial charge in [-0.3, -0.25) is 14.6 Å². The molecular formula is C22H24N4O4. The zero-order chi connectivity index (χ0) is 21.3. The van der Waals surface area contributed by atoms with Crippen molar-refractivity contribution in [2.75, 3.05) is 36.5 Å². The highest BCUT2D eigenvalue weighted by atomic mass is 16.5. The summed E-state index contributed by atoms with van der Waals surface area (Å²) in [7, 11) is 0. The van der Waals surface area contributed by atoms with E-state index in [-0.39, 0.29) is 11.5 Å². The zero-order valence-corrected chi connectivity index (χ0v) is 16.9. The van der Waals surface area contributed by atoms with Gasteiger partial charge in [-0.1, -0.05) is 0 Å². The monoisotopic (exact) mass is 408 g/mol. The smallest absolute Gasteiger partial charge is 0.257 e. The van der Waals surface area contributed by atoms with E-state index >= 15 is 0 Å². The normalized spacial score (nSPS) is 15.2. The molecule has 4 rings (SSSR count). The number of aliphatic hydroxyl groups excluding tert-OH is 1. The van der Waals surface area contributed by atoms with Gasteiger partial charge in [0.25, 0.3) is 5.91 Å².